The normalized spacial score (nSPS) is 32.2. The van der Waals surface area contributed by atoms with Crippen LogP contribution in [0.15, 0.2) is 0 Å². The summed E-state index contributed by atoms with van der Waals surface area (Å²) in [6, 6.07) is -0.909. The smallest absolute Gasteiger partial charge is 0.320 e. The fraction of sp³-hybridized carbons (Fsp3) is 0.889. The van der Waals surface area contributed by atoms with Gasteiger partial charge in [0.2, 0.25) is 0 Å². The van der Waals surface area contributed by atoms with E-state index in [1.165, 1.54) is 0 Å². The number of rotatable bonds is 2. The van der Waals surface area contributed by atoms with E-state index < -0.39 is 18.1 Å². The van der Waals surface area contributed by atoms with Crippen LogP contribution in [0, 0.1) is 5.92 Å². The van der Waals surface area contributed by atoms with Crippen LogP contribution in [0.2, 0.25) is 0 Å². The summed E-state index contributed by atoms with van der Waals surface area (Å²) in [5, 5.41) is 18.3. The van der Waals surface area contributed by atoms with Crippen molar-refractivity contribution < 1.29 is 15.0 Å². The molecule has 3 atom stereocenters. The van der Waals surface area contributed by atoms with Crippen LogP contribution < -0.4 is 5.73 Å². The number of aliphatic carboxylic acids is 1. The maximum Gasteiger partial charge on any atom is 0.320 e. The van der Waals surface area contributed by atoms with Gasteiger partial charge in [-0.3, -0.25) is 4.79 Å². The number of carboxylic acids is 1. The quantitative estimate of drug-likeness (QED) is 0.544. The third-order valence-electron chi connectivity index (χ3n) is 2.78. The summed E-state index contributed by atoms with van der Waals surface area (Å²) in [5.74, 6) is -1.27. The minimum absolute atomic E-state index is 0.264. The van der Waals surface area contributed by atoms with Gasteiger partial charge < -0.3 is 15.9 Å². The lowest BCUT2D eigenvalue weighted by molar-refractivity contribution is -0.141. The second kappa shape index (κ2) is 4.58. The highest BCUT2D eigenvalue weighted by atomic mass is 16.4. The first kappa shape index (κ1) is 10.5. The predicted molar refractivity (Wildman–Crippen MR) is 48.2 cm³/mol. The summed E-state index contributed by atoms with van der Waals surface area (Å²) in [6.45, 7) is 0. The zero-order valence-corrected chi connectivity index (χ0v) is 7.65. The summed E-state index contributed by atoms with van der Waals surface area (Å²) in [4.78, 5) is 10.6. The average Bonchev–Trinajstić information content (AvgIpc) is 2.28. The van der Waals surface area contributed by atoms with Gasteiger partial charge in [0.25, 0.3) is 0 Å². The Hall–Kier alpha value is -0.610. The lowest BCUT2D eigenvalue weighted by Gasteiger charge is -2.23. The van der Waals surface area contributed by atoms with Gasteiger partial charge in [0.05, 0.1) is 6.10 Å². The van der Waals surface area contributed by atoms with E-state index in [4.69, 9.17) is 10.8 Å². The summed E-state index contributed by atoms with van der Waals surface area (Å²) < 4.78 is 0. The van der Waals surface area contributed by atoms with E-state index >= 15 is 0 Å². The fourth-order valence-corrected chi connectivity index (χ4v) is 1.92. The van der Waals surface area contributed by atoms with Crippen molar-refractivity contribution in [2.45, 2.75) is 44.2 Å². The number of aliphatic hydroxyl groups is 1. The predicted octanol–water partition coefficient (Wildman–Crippen LogP) is 0.339. The van der Waals surface area contributed by atoms with Crippen LogP contribution in [0.4, 0.5) is 0 Å². The molecule has 0 saturated heterocycles. The lowest BCUT2D eigenvalue weighted by Crippen LogP contribution is -2.43. The molecule has 0 amide bonds. The van der Waals surface area contributed by atoms with E-state index in [0.717, 1.165) is 25.7 Å². The minimum atomic E-state index is -1.01. The second-order valence-corrected chi connectivity index (χ2v) is 3.73. The van der Waals surface area contributed by atoms with E-state index in [9.17, 15) is 9.90 Å². The standard InChI is InChI=1S/C9H17NO3/c10-8(9(12)13)6-4-2-1-3-5-7(6)11/h6-8,11H,1-5,10H2,(H,12,13)/t6-,7-,8+/m1/s1. The van der Waals surface area contributed by atoms with Crippen LogP contribution in [-0.2, 0) is 4.79 Å². The molecule has 4 nitrogen and oxygen atoms in total. The van der Waals surface area contributed by atoms with Crippen LogP contribution in [0.1, 0.15) is 32.1 Å². The minimum Gasteiger partial charge on any atom is -0.480 e. The summed E-state index contributed by atoms with van der Waals surface area (Å²) in [5.41, 5.74) is 5.49. The van der Waals surface area contributed by atoms with Gasteiger partial charge in [0.15, 0.2) is 0 Å². The number of hydrogen-bond acceptors (Lipinski definition) is 3. The Morgan fingerprint density at radius 1 is 1.31 bits per heavy atom. The first-order chi connectivity index (χ1) is 6.13. The third kappa shape index (κ3) is 2.67. The van der Waals surface area contributed by atoms with Crippen molar-refractivity contribution in [1.29, 1.82) is 0 Å². The molecule has 76 valence electrons. The van der Waals surface area contributed by atoms with Crippen LogP contribution in [0.25, 0.3) is 0 Å². The second-order valence-electron chi connectivity index (χ2n) is 3.73. The highest BCUT2D eigenvalue weighted by Crippen LogP contribution is 2.25. The zero-order valence-electron chi connectivity index (χ0n) is 7.65. The number of carboxylic acid groups (broad SMARTS) is 1. The van der Waals surface area contributed by atoms with Crippen molar-refractivity contribution in [3.8, 4) is 0 Å². The maximum absolute atomic E-state index is 10.6. The van der Waals surface area contributed by atoms with Gasteiger partial charge >= 0.3 is 5.97 Å². The van der Waals surface area contributed by atoms with Crippen molar-refractivity contribution in [1.82, 2.24) is 0 Å². The van der Waals surface area contributed by atoms with E-state index in [0.29, 0.717) is 6.42 Å². The topological polar surface area (TPSA) is 83.6 Å². The Labute approximate surface area is 77.7 Å². The van der Waals surface area contributed by atoms with E-state index in [1.54, 1.807) is 0 Å². The van der Waals surface area contributed by atoms with Crippen molar-refractivity contribution in [3.05, 3.63) is 0 Å². The van der Waals surface area contributed by atoms with Crippen molar-refractivity contribution in [3.63, 3.8) is 0 Å². The highest BCUT2D eigenvalue weighted by Gasteiger charge is 2.31. The van der Waals surface area contributed by atoms with Crippen molar-refractivity contribution >= 4 is 5.97 Å². The Morgan fingerprint density at radius 3 is 2.54 bits per heavy atom. The van der Waals surface area contributed by atoms with Gasteiger partial charge in [-0.05, 0) is 12.8 Å². The molecule has 0 spiro atoms. The molecule has 13 heavy (non-hydrogen) atoms. The van der Waals surface area contributed by atoms with Crippen LogP contribution in [-0.4, -0.2) is 28.3 Å². The van der Waals surface area contributed by atoms with Gasteiger partial charge in [0.1, 0.15) is 6.04 Å². The molecule has 1 fully saturated rings. The highest BCUT2D eigenvalue weighted by molar-refractivity contribution is 5.73. The molecule has 4 heteroatoms. The van der Waals surface area contributed by atoms with Crippen LogP contribution in [0.5, 0.6) is 0 Å². The summed E-state index contributed by atoms with van der Waals surface area (Å²) in [7, 11) is 0. The Balaban J connectivity index is 2.58. The molecule has 0 bridgehead atoms. The number of aliphatic hydroxyl groups excluding tert-OH is 1. The molecular formula is C9H17NO3. The average molecular weight is 187 g/mol. The van der Waals surface area contributed by atoms with Crippen molar-refractivity contribution in [2.75, 3.05) is 0 Å². The van der Waals surface area contributed by atoms with E-state index in [2.05, 4.69) is 0 Å². The third-order valence-corrected chi connectivity index (χ3v) is 2.78. The van der Waals surface area contributed by atoms with Crippen LogP contribution in [0.3, 0.4) is 0 Å². The monoisotopic (exact) mass is 187 g/mol. The molecule has 0 heterocycles. The molecule has 1 aliphatic rings. The van der Waals surface area contributed by atoms with Gasteiger partial charge in [-0.25, -0.2) is 0 Å². The Morgan fingerprint density at radius 2 is 1.92 bits per heavy atom. The largest absolute Gasteiger partial charge is 0.480 e. The van der Waals surface area contributed by atoms with Gasteiger partial charge in [-0.2, -0.15) is 0 Å². The number of nitrogens with two attached hydrogens (primary N) is 1. The zero-order chi connectivity index (χ0) is 9.84. The van der Waals surface area contributed by atoms with E-state index in [-0.39, 0.29) is 5.92 Å². The molecular weight excluding hydrogens is 170 g/mol. The lowest BCUT2D eigenvalue weighted by atomic mass is 9.90. The molecule has 0 radical (unpaired) electrons. The van der Waals surface area contributed by atoms with Crippen molar-refractivity contribution in [2.24, 2.45) is 11.7 Å². The fourth-order valence-electron chi connectivity index (χ4n) is 1.92. The maximum atomic E-state index is 10.6. The molecule has 4 N–H and O–H groups in total. The van der Waals surface area contributed by atoms with Gasteiger partial charge in [-0.15, -0.1) is 0 Å². The molecule has 0 aromatic carbocycles. The molecule has 0 aliphatic heterocycles. The van der Waals surface area contributed by atoms with Gasteiger partial charge in [0, 0.05) is 5.92 Å². The molecule has 1 rings (SSSR count). The molecule has 0 unspecified atom stereocenters. The summed E-state index contributed by atoms with van der Waals surface area (Å²) >= 11 is 0. The van der Waals surface area contributed by atoms with Crippen LogP contribution >= 0.6 is 0 Å². The molecule has 1 aliphatic carbocycles. The number of hydrogen-bond donors (Lipinski definition) is 3. The molecule has 0 aromatic rings. The first-order valence-electron chi connectivity index (χ1n) is 4.79. The van der Waals surface area contributed by atoms with E-state index in [1.807, 2.05) is 0 Å². The Kier molecular flexibility index (Phi) is 3.69. The molecule has 1 saturated carbocycles. The number of carbonyl (C=O) groups is 1. The van der Waals surface area contributed by atoms with Gasteiger partial charge in [-0.1, -0.05) is 19.3 Å². The Bertz CT molecular complexity index is 184. The first-order valence-corrected chi connectivity index (χ1v) is 4.79. The SMILES string of the molecule is N[C@H](C(=O)O)[C@@H]1CCCCC[C@H]1O. The molecule has 0 aromatic heterocycles. The summed E-state index contributed by atoms with van der Waals surface area (Å²) in [6.07, 6.45) is 3.90.